The molecule has 1 aromatic rings. The van der Waals surface area contributed by atoms with E-state index in [9.17, 15) is 9.90 Å². The molecule has 0 heterocycles. The molecular weight excluding hydrogens is 224 g/mol. The molecule has 96 valence electrons. The minimum absolute atomic E-state index is 0.669. The number of carboxylic acids is 1. The Hall–Kier alpha value is -1.57. The fourth-order valence-corrected chi connectivity index (χ4v) is 2.64. The van der Waals surface area contributed by atoms with Crippen molar-refractivity contribution in [2.24, 2.45) is 5.92 Å². The highest BCUT2D eigenvalue weighted by molar-refractivity contribution is 5.85. The number of allylic oxidation sites excluding steroid dienone is 1. The summed E-state index contributed by atoms with van der Waals surface area (Å²) in [4.78, 5) is 11.8. The summed E-state index contributed by atoms with van der Waals surface area (Å²) in [6.45, 7) is 4.04. The van der Waals surface area contributed by atoms with Gasteiger partial charge in [0, 0.05) is 0 Å². The highest BCUT2D eigenvalue weighted by atomic mass is 16.4. The van der Waals surface area contributed by atoms with Crippen molar-refractivity contribution >= 4 is 5.97 Å². The Bertz CT molecular complexity index is 461. The average molecular weight is 244 g/mol. The molecule has 18 heavy (non-hydrogen) atoms. The lowest BCUT2D eigenvalue weighted by Crippen LogP contribution is -2.35. The first-order valence-corrected chi connectivity index (χ1v) is 6.53. The van der Waals surface area contributed by atoms with Gasteiger partial charge in [-0.15, -0.1) is 0 Å². The van der Waals surface area contributed by atoms with Crippen molar-refractivity contribution < 1.29 is 9.90 Å². The summed E-state index contributed by atoms with van der Waals surface area (Å²) in [5.41, 5.74) is 1.05. The maximum atomic E-state index is 11.8. The summed E-state index contributed by atoms with van der Waals surface area (Å²) in [5, 5.41) is 9.66. The Morgan fingerprint density at radius 3 is 2.50 bits per heavy atom. The van der Waals surface area contributed by atoms with Gasteiger partial charge in [0.2, 0.25) is 0 Å². The zero-order chi connectivity index (χ0) is 13.2. The number of hydrogen-bond donors (Lipinski definition) is 1. The van der Waals surface area contributed by atoms with Crippen LogP contribution < -0.4 is 0 Å². The van der Waals surface area contributed by atoms with E-state index in [1.54, 1.807) is 0 Å². The van der Waals surface area contributed by atoms with Crippen molar-refractivity contribution in [3.8, 4) is 0 Å². The number of benzene rings is 1. The zero-order valence-corrected chi connectivity index (χ0v) is 11.0. The van der Waals surface area contributed by atoms with Crippen LogP contribution >= 0.6 is 0 Å². The monoisotopic (exact) mass is 244 g/mol. The molecule has 0 fully saturated rings. The van der Waals surface area contributed by atoms with E-state index >= 15 is 0 Å². The minimum Gasteiger partial charge on any atom is -0.480 e. The van der Waals surface area contributed by atoms with Crippen LogP contribution in [0.5, 0.6) is 0 Å². The van der Waals surface area contributed by atoms with Gasteiger partial charge in [-0.1, -0.05) is 48.9 Å². The number of carbonyl (C=O) groups is 1. The lowest BCUT2D eigenvalue weighted by molar-refractivity contribution is -0.141. The molecule has 0 amide bonds. The smallest absolute Gasteiger partial charge is 0.318 e. The van der Waals surface area contributed by atoms with E-state index in [1.165, 1.54) is 0 Å². The molecule has 2 unspecified atom stereocenters. The number of rotatable bonds is 3. The average Bonchev–Trinajstić information content (AvgIpc) is 2.39. The fraction of sp³-hybridized carbons (Fsp3) is 0.438. The highest BCUT2D eigenvalue weighted by Crippen LogP contribution is 2.38. The standard InChI is InChI=1S/C16H20O2/c1-12-8-10-14(11-9-12)16(2,15(17)18)13-6-4-3-5-7-13/h3-7,10,12H,8-9,11H2,1-2H3,(H,17,18). The van der Waals surface area contributed by atoms with Gasteiger partial charge in [0.05, 0.1) is 0 Å². The summed E-state index contributed by atoms with van der Waals surface area (Å²) in [6, 6.07) is 9.55. The molecule has 0 bridgehead atoms. The predicted octanol–water partition coefficient (Wildman–Crippen LogP) is 3.78. The van der Waals surface area contributed by atoms with Crippen LogP contribution in [0, 0.1) is 5.92 Å². The molecule has 0 spiro atoms. The van der Waals surface area contributed by atoms with Gasteiger partial charge < -0.3 is 5.11 Å². The van der Waals surface area contributed by atoms with E-state index in [2.05, 4.69) is 13.0 Å². The highest BCUT2D eigenvalue weighted by Gasteiger charge is 2.39. The molecule has 0 aliphatic heterocycles. The van der Waals surface area contributed by atoms with Gasteiger partial charge in [0.25, 0.3) is 0 Å². The molecule has 2 atom stereocenters. The third kappa shape index (κ3) is 2.20. The second-order valence-electron chi connectivity index (χ2n) is 5.41. The van der Waals surface area contributed by atoms with Gasteiger partial charge in [-0.05, 0) is 37.7 Å². The topological polar surface area (TPSA) is 37.3 Å². The first-order chi connectivity index (χ1) is 8.55. The lowest BCUT2D eigenvalue weighted by Gasteiger charge is -2.32. The molecule has 0 saturated carbocycles. The van der Waals surface area contributed by atoms with Gasteiger partial charge >= 0.3 is 5.97 Å². The third-order valence-electron chi connectivity index (χ3n) is 4.09. The van der Waals surface area contributed by atoms with E-state index in [4.69, 9.17) is 0 Å². The van der Waals surface area contributed by atoms with Gasteiger partial charge in [-0.2, -0.15) is 0 Å². The zero-order valence-electron chi connectivity index (χ0n) is 11.0. The molecule has 1 aliphatic rings. The van der Waals surface area contributed by atoms with Crippen LogP contribution in [0.15, 0.2) is 42.0 Å². The second kappa shape index (κ2) is 4.97. The molecule has 2 nitrogen and oxygen atoms in total. The van der Waals surface area contributed by atoms with Crippen molar-refractivity contribution in [2.45, 2.75) is 38.5 Å². The van der Waals surface area contributed by atoms with Crippen LogP contribution in [0.3, 0.4) is 0 Å². The Kier molecular flexibility index (Phi) is 3.55. The van der Waals surface area contributed by atoms with E-state index < -0.39 is 11.4 Å². The summed E-state index contributed by atoms with van der Waals surface area (Å²) in [6.07, 6.45) is 5.10. The summed E-state index contributed by atoms with van der Waals surface area (Å²) in [5.74, 6) is -0.0860. The molecule has 1 N–H and O–H groups in total. The molecule has 1 aliphatic carbocycles. The second-order valence-corrected chi connectivity index (χ2v) is 5.41. The van der Waals surface area contributed by atoms with Crippen LogP contribution in [0.25, 0.3) is 0 Å². The SMILES string of the molecule is CC1CC=C(C(C)(C(=O)O)c2ccccc2)CC1. The fourth-order valence-electron chi connectivity index (χ4n) is 2.64. The van der Waals surface area contributed by atoms with E-state index in [1.807, 2.05) is 37.3 Å². The van der Waals surface area contributed by atoms with Crippen molar-refractivity contribution in [3.05, 3.63) is 47.5 Å². The van der Waals surface area contributed by atoms with Crippen LogP contribution in [-0.4, -0.2) is 11.1 Å². The van der Waals surface area contributed by atoms with Crippen LogP contribution in [0.2, 0.25) is 0 Å². The van der Waals surface area contributed by atoms with Gasteiger partial charge in [0.1, 0.15) is 5.41 Å². The molecule has 1 aromatic carbocycles. The minimum atomic E-state index is -0.874. The normalized spacial score (nSPS) is 23.0. The summed E-state index contributed by atoms with van der Waals surface area (Å²) in [7, 11) is 0. The van der Waals surface area contributed by atoms with Crippen molar-refractivity contribution in [2.75, 3.05) is 0 Å². The largest absolute Gasteiger partial charge is 0.480 e. The Labute approximate surface area is 108 Å². The summed E-state index contributed by atoms with van der Waals surface area (Å²) < 4.78 is 0. The maximum Gasteiger partial charge on any atom is 0.318 e. The quantitative estimate of drug-likeness (QED) is 0.822. The molecule has 2 heteroatoms. The van der Waals surface area contributed by atoms with Gasteiger partial charge in [-0.25, -0.2) is 0 Å². The van der Waals surface area contributed by atoms with Crippen LogP contribution in [0.4, 0.5) is 0 Å². The Morgan fingerprint density at radius 2 is 2.00 bits per heavy atom. The van der Waals surface area contributed by atoms with E-state index in [0.29, 0.717) is 5.92 Å². The van der Waals surface area contributed by atoms with Crippen LogP contribution in [-0.2, 0) is 10.2 Å². The van der Waals surface area contributed by atoms with Crippen molar-refractivity contribution in [1.82, 2.24) is 0 Å². The summed E-state index contributed by atoms with van der Waals surface area (Å²) >= 11 is 0. The molecule has 0 radical (unpaired) electrons. The Balaban J connectivity index is 2.43. The van der Waals surface area contributed by atoms with Crippen molar-refractivity contribution in [3.63, 3.8) is 0 Å². The Morgan fingerprint density at radius 1 is 1.33 bits per heavy atom. The maximum absolute atomic E-state index is 11.8. The molecule has 0 saturated heterocycles. The van der Waals surface area contributed by atoms with Crippen molar-refractivity contribution in [1.29, 1.82) is 0 Å². The molecular formula is C16H20O2. The molecule has 2 rings (SSSR count). The predicted molar refractivity (Wildman–Crippen MR) is 72.5 cm³/mol. The van der Waals surface area contributed by atoms with Gasteiger partial charge in [-0.3, -0.25) is 4.79 Å². The third-order valence-corrected chi connectivity index (χ3v) is 4.09. The van der Waals surface area contributed by atoms with E-state index in [-0.39, 0.29) is 0 Å². The van der Waals surface area contributed by atoms with E-state index in [0.717, 1.165) is 30.4 Å². The number of carboxylic acid groups (broad SMARTS) is 1. The number of hydrogen-bond acceptors (Lipinski definition) is 1. The first kappa shape index (κ1) is 12.9. The van der Waals surface area contributed by atoms with Crippen LogP contribution in [0.1, 0.15) is 38.7 Å². The first-order valence-electron chi connectivity index (χ1n) is 6.53. The number of aliphatic carboxylic acids is 1. The van der Waals surface area contributed by atoms with Gasteiger partial charge in [0.15, 0.2) is 0 Å². The lowest BCUT2D eigenvalue weighted by atomic mass is 9.71. The molecule has 0 aromatic heterocycles.